The van der Waals surface area contributed by atoms with Crippen LogP contribution in [0.5, 0.6) is 0 Å². The Morgan fingerprint density at radius 2 is 0.950 bits per heavy atom. The highest BCUT2D eigenvalue weighted by Gasteiger charge is 2.04. The van der Waals surface area contributed by atoms with Crippen molar-refractivity contribution in [3.05, 3.63) is 84.4 Å². The maximum absolute atomic E-state index is 13.2. The molecule has 0 saturated heterocycles. The number of benzene rings is 3. The van der Waals surface area contributed by atoms with E-state index < -0.39 is 11.6 Å². The van der Waals surface area contributed by atoms with E-state index in [-0.39, 0.29) is 0 Å². The Kier molecular flexibility index (Phi) is 3.30. The van der Waals surface area contributed by atoms with Gasteiger partial charge in [-0.1, -0.05) is 60.7 Å². The lowest BCUT2D eigenvalue weighted by Crippen LogP contribution is -1.85. The average molecular weight is 266 g/mol. The van der Waals surface area contributed by atoms with Gasteiger partial charge in [0.15, 0.2) is 11.6 Å². The fourth-order valence-corrected chi connectivity index (χ4v) is 2.16. The monoisotopic (exact) mass is 266 g/mol. The molecule has 0 fully saturated rings. The highest BCUT2D eigenvalue weighted by Crippen LogP contribution is 2.25. The van der Waals surface area contributed by atoms with Crippen molar-refractivity contribution >= 4 is 0 Å². The highest BCUT2D eigenvalue weighted by molar-refractivity contribution is 5.70. The molecule has 0 spiro atoms. The summed E-state index contributed by atoms with van der Waals surface area (Å²) in [5.74, 6) is -1.65. The maximum atomic E-state index is 13.2. The second-order valence-corrected chi connectivity index (χ2v) is 4.57. The Bertz CT molecular complexity index is 716. The van der Waals surface area contributed by atoms with Gasteiger partial charge in [0.1, 0.15) is 0 Å². The lowest BCUT2D eigenvalue weighted by atomic mass is 10.0. The first kappa shape index (κ1) is 12.5. The van der Waals surface area contributed by atoms with E-state index in [1.165, 1.54) is 6.07 Å². The minimum Gasteiger partial charge on any atom is -0.204 e. The van der Waals surface area contributed by atoms with Crippen LogP contribution in [0.2, 0.25) is 0 Å². The van der Waals surface area contributed by atoms with E-state index in [0.29, 0.717) is 5.56 Å². The lowest BCUT2D eigenvalue weighted by molar-refractivity contribution is 0.509. The molecule has 98 valence electrons. The Morgan fingerprint density at radius 3 is 1.55 bits per heavy atom. The molecular weight excluding hydrogens is 254 g/mol. The van der Waals surface area contributed by atoms with Crippen molar-refractivity contribution < 1.29 is 8.78 Å². The molecule has 2 heteroatoms. The van der Waals surface area contributed by atoms with Crippen molar-refractivity contribution in [2.75, 3.05) is 0 Å². The summed E-state index contributed by atoms with van der Waals surface area (Å²) in [5, 5.41) is 0. The van der Waals surface area contributed by atoms with Gasteiger partial charge in [0.05, 0.1) is 0 Å². The van der Waals surface area contributed by atoms with Crippen LogP contribution in [0.15, 0.2) is 72.8 Å². The third-order valence-electron chi connectivity index (χ3n) is 3.24. The van der Waals surface area contributed by atoms with E-state index in [9.17, 15) is 8.78 Å². The smallest absolute Gasteiger partial charge is 0.159 e. The van der Waals surface area contributed by atoms with Crippen molar-refractivity contribution in [1.82, 2.24) is 0 Å². The Balaban J connectivity index is 1.95. The molecule has 0 amide bonds. The molecule has 0 N–H and O–H groups in total. The van der Waals surface area contributed by atoms with Crippen molar-refractivity contribution in [2.45, 2.75) is 0 Å². The van der Waals surface area contributed by atoms with Crippen LogP contribution in [-0.4, -0.2) is 0 Å². The van der Waals surface area contributed by atoms with Crippen LogP contribution in [0.4, 0.5) is 8.78 Å². The molecule has 0 saturated carbocycles. The molecule has 0 nitrogen and oxygen atoms in total. The first-order valence-electron chi connectivity index (χ1n) is 6.35. The summed E-state index contributed by atoms with van der Waals surface area (Å²) in [7, 11) is 0. The zero-order valence-electron chi connectivity index (χ0n) is 10.7. The van der Waals surface area contributed by atoms with E-state index in [1.807, 2.05) is 54.6 Å². The van der Waals surface area contributed by atoms with Gasteiger partial charge in [-0.15, -0.1) is 0 Å². The molecule has 3 rings (SSSR count). The van der Waals surface area contributed by atoms with Crippen molar-refractivity contribution in [3.63, 3.8) is 0 Å². The quantitative estimate of drug-likeness (QED) is 0.590. The number of hydrogen-bond acceptors (Lipinski definition) is 0. The van der Waals surface area contributed by atoms with Crippen molar-refractivity contribution in [3.8, 4) is 22.3 Å². The molecule has 0 aromatic heterocycles. The van der Waals surface area contributed by atoms with Gasteiger partial charge in [-0.2, -0.15) is 0 Å². The topological polar surface area (TPSA) is 0 Å². The van der Waals surface area contributed by atoms with E-state index in [0.717, 1.165) is 22.8 Å². The lowest BCUT2D eigenvalue weighted by Gasteiger charge is -2.05. The van der Waals surface area contributed by atoms with Gasteiger partial charge in [0, 0.05) is 0 Å². The number of halogens is 2. The normalized spacial score (nSPS) is 10.5. The molecule has 0 unspecified atom stereocenters. The molecule has 3 aromatic rings. The summed E-state index contributed by atoms with van der Waals surface area (Å²) >= 11 is 0. The van der Waals surface area contributed by atoms with Crippen LogP contribution in [0.1, 0.15) is 0 Å². The summed E-state index contributed by atoms with van der Waals surface area (Å²) < 4.78 is 26.2. The second-order valence-electron chi connectivity index (χ2n) is 4.57. The van der Waals surface area contributed by atoms with Gasteiger partial charge in [-0.3, -0.25) is 0 Å². The maximum Gasteiger partial charge on any atom is 0.159 e. The predicted octanol–water partition coefficient (Wildman–Crippen LogP) is 5.30. The zero-order valence-corrected chi connectivity index (χ0v) is 10.7. The predicted molar refractivity (Wildman–Crippen MR) is 77.2 cm³/mol. The fraction of sp³-hybridized carbons (Fsp3) is 0. The van der Waals surface area contributed by atoms with Gasteiger partial charge in [-0.25, -0.2) is 8.78 Å². The zero-order chi connectivity index (χ0) is 13.9. The van der Waals surface area contributed by atoms with Gasteiger partial charge in [-0.05, 0) is 34.4 Å². The van der Waals surface area contributed by atoms with E-state index in [1.54, 1.807) is 6.07 Å². The first-order chi connectivity index (χ1) is 9.74. The highest BCUT2D eigenvalue weighted by atomic mass is 19.2. The Morgan fingerprint density at radius 1 is 0.450 bits per heavy atom. The molecule has 0 bridgehead atoms. The second kappa shape index (κ2) is 5.25. The number of hydrogen-bond donors (Lipinski definition) is 0. The van der Waals surface area contributed by atoms with Crippen molar-refractivity contribution in [2.24, 2.45) is 0 Å². The van der Waals surface area contributed by atoms with Crippen LogP contribution in [-0.2, 0) is 0 Å². The molecule has 0 aliphatic carbocycles. The summed E-state index contributed by atoms with van der Waals surface area (Å²) in [6.07, 6.45) is 0. The Labute approximate surface area is 116 Å². The van der Waals surface area contributed by atoms with Gasteiger partial charge in [0.25, 0.3) is 0 Å². The molecule has 20 heavy (non-hydrogen) atoms. The minimum atomic E-state index is -0.824. The SMILES string of the molecule is Fc1ccc(-c2ccc(-c3ccccc3)cc2)cc1F. The number of rotatable bonds is 2. The summed E-state index contributed by atoms with van der Waals surface area (Å²) in [6, 6.07) is 21.7. The van der Waals surface area contributed by atoms with Gasteiger partial charge in [0.2, 0.25) is 0 Å². The molecule has 0 radical (unpaired) electrons. The molecular formula is C18H12F2. The molecule has 0 aliphatic rings. The standard InChI is InChI=1S/C18H12F2/c19-17-11-10-16(12-18(17)20)15-8-6-14(7-9-15)13-4-2-1-3-5-13/h1-12H. The molecule has 0 heterocycles. The van der Waals surface area contributed by atoms with Crippen LogP contribution in [0.25, 0.3) is 22.3 Å². The van der Waals surface area contributed by atoms with E-state index in [4.69, 9.17) is 0 Å². The first-order valence-corrected chi connectivity index (χ1v) is 6.35. The minimum absolute atomic E-state index is 0.670. The largest absolute Gasteiger partial charge is 0.204 e. The van der Waals surface area contributed by atoms with Crippen LogP contribution >= 0.6 is 0 Å². The average Bonchev–Trinajstić information content (AvgIpc) is 2.51. The van der Waals surface area contributed by atoms with E-state index >= 15 is 0 Å². The van der Waals surface area contributed by atoms with Crippen LogP contribution in [0.3, 0.4) is 0 Å². The third kappa shape index (κ3) is 2.45. The third-order valence-corrected chi connectivity index (χ3v) is 3.24. The van der Waals surface area contributed by atoms with Crippen LogP contribution in [0, 0.1) is 11.6 Å². The summed E-state index contributed by atoms with van der Waals surface area (Å²) in [6.45, 7) is 0. The molecule has 0 atom stereocenters. The van der Waals surface area contributed by atoms with Gasteiger partial charge < -0.3 is 0 Å². The summed E-state index contributed by atoms with van der Waals surface area (Å²) in [5.41, 5.74) is 3.76. The molecule has 3 aromatic carbocycles. The Hall–Kier alpha value is -2.48. The van der Waals surface area contributed by atoms with E-state index in [2.05, 4.69) is 0 Å². The molecule has 0 aliphatic heterocycles. The van der Waals surface area contributed by atoms with Crippen molar-refractivity contribution in [1.29, 1.82) is 0 Å². The van der Waals surface area contributed by atoms with Gasteiger partial charge >= 0.3 is 0 Å². The van der Waals surface area contributed by atoms with Crippen LogP contribution < -0.4 is 0 Å². The fourth-order valence-electron chi connectivity index (χ4n) is 2.16. The summed E-state index contributed by atoms with van der Waals surface area (Å²) in [4.78, 5) is 0.